The van der Waals surface area contributed by atoms with Crippen LogP contribution in [0.5, 0.6) is 0 Å². The van der Waals surface area contributed by atoms with Crippen molar-refractivity contribution in [1.82, 2.24) is 4.90 Å². The number of nitrogens with zero attached hydrogens (tertiary/aromatic N) is 2. The molecular formula is C29H23Cl2F5N2O6. The molecule has 2 aromatic rings. The molecule has 0 radical (unpaired) electrons. The largest absolute Gasteiger partial charge is 0.463 e. The number of imide groups is 2. The number of rotatable bonds is 3. The zero-order chi connectivity index (χ0) is 32.4. The fourth-order valence-corrected chi connectivity index (χ4v) is 8.09. The summed E-state index contributed by atoms with van der Waals surface area (Å²) in [6.45, 7) is 4.38. The highest BCUT2D eigenvalue weighted by atomic mass is 35.5. The van der Waals surface area contributed by atoms with E-state index < -0.39 is 110 Å². The van der Waals surface area contributed by atoms with Gasteiger partial charge in [0.2, 0.25) is 17.6 Å². The Morgan fingerprint density at radius 3 is 2.05 bits per heavy atom. The Balaban J connectivity index is 1.58. The molecule has 2 saturated heterocycles. The van der Waals surface area contributed by atoms with Crippen LogP contribution in [0.25, 0.3) is 0 Å². The van der Waals surface area contributed by atoms with Gasteiger partial charge in [0, 0.05) is 5.54 Å². The summed E-state index contributed by atoms with van der Waals surface area (Å²) >= 11 is 14.0. The third-order valence-electron chi connectivity index (χ3n) is 9.02. The number of carbonyl (C=O) groups excluding carboxylic acids is 4. The smallest absolute Gasteiger partial charge is 0.258 e. The van der Waals surface area contributed by atoms with Gasteiger partial charge in [-0.3, -0.25) is 24.1 Å². The van der Waals surface area contributed by atoms with Crippen molar-refractivity contribution in [2.24, 2.45) is 17.8 Å². The molecule has 0 spiro atoms. The Bertz CT molecular complexity index is 1690. The lowest BCUT2D eigenvalue weighted by molar-refractivity contribution is -0.145. The lowest BCUT2D eigenvalue weighted by Crippen LogP contribution is -2.60. The maximum Gasteiger partial charge on any atom is 0.258 e. The Labute approximate surface area is 256 Å². The lowest BCUT2D eigenvalue weighted by Gasteiger charge is -2.49. The molecule has 4 amide bonds. The van der Waals surface area contributed by atoms with E-state index in [0.29, 0.717) is 0 Å². The van der Waals surface area contributed by atoms with E-state index >= 15 is 8.78 Å². The van der Waals surface area contributed by atoms with Crippen molar-refractivity contribution in [3.05, 3.63) is 64.4 Å². The van der Waals surface area contributed by atoms with Gasteiger partial charge >= 0.3 is 0 Å². The van der Waals surface area contributed by atoms with Crippen LogP contribution >= 0.6 is 23.2 Å². The molecule has 1 N–H and O–H groups in total. The number of anilines is 1. The second-order valence-electron chi connectivity index (χ2n) is 12.3. The molecule has 6 rings (SSSR count). The number of fused-ring (bicyclic) bond motifs is 4. The second-order valence-corrected chi connectivity index (χ2v) is 13.6. The number of hydrogen-bond acceptors (Lipinski definition) is 6. The third kappa shape index (κ3) is 3.66. The fraction of sp³-hybridized carbons (Fsp3) is 0.448. The molecule has 2 aliphatic carbocycles. The number of allylic oxidation sites excluding steroid dienone is 2. The van der Waals surface area contributed by atoms with Crippen molar-refractivity contribution >= 4 is 52.5 Å². The van der Waals surface area contributed by atoms with E-state index in [2.05, 4.69) is 0 Å². The number of amides is 4. The quantitative estimate of drug-likeness (QED) is 0.126. The average Bonchev–Trinajstić information content (AvgIpc) is 3.58. The highest BCUT2D eigenvalue weighted by Crippen LogP contribution is 2.66. The van der Waals surface area contributed by atoms with E-state index in [1.54, 1.807) is 26.8 Å². The molecule has 4 aliphatic rings. The molecule has 234 valence electrons. The van der Waals surface area contributed by atoms with Crippen molar-refractivity contribution < 1.29 is 50.7 Å². The molecule has 3 fully saturated rings. The number of hydrogen-bond donors (Lipinski definition) is 1. The summed E-state index contributed by atoms with van der Waals surface area (Å²) in [4.78, 5) is 50.9. The number of halogens is 7. The summed E-state index contributed by atoms with van der Waals surface area (Å²) in [5.74, 6) is -21.2. The molecule has 6 atom stereocenters. The van der Waals surface area contributed by atoms with Crippen LogP contribution in [0.2, 0.25) is 0 Å². The normalized spacial score (nSPS) is 31.8. The number of aliphatic hydroxyl groups excluding tert-OH is 1. The number of furan rings is 1. The highest BCUT2D eigenvalue weighted by Gasteiger charge is 2.77. The van der Waals surface area contributed by atoms with Crippen LogP contribution in [-0.2, 0) is 25.8 Å². The minimum atomic E-state index is -2.68. The summed E-state index contributed by atoms with van der Waals surface area (Å²) < 4.78 is 78.1. The van der Waals surface area contributed by atoms with Gasteiger partial charge in [-0.15, -0.1) is 23.2 Å². The monoisotopic (exact) mass is 660 g/mol. The first kappa shape index (κ1) is 30.7. The fourth-order valence-electron chi connectivity index (χ4n) is 7.17. The molecule has 0 bridgehead atoms. The van der Waals surface area contributed by atoms with Crippen molar-refractivity contribution in [2.45, 2.75) is 61.4 Å². The first-order valence-corrected chi connectivity index (χ1v) is 14.2. The van der Waals surface area contributed by atoms with E-state index in [-0.39, 0.29) is 28.4 Å². The summed E-state index contributed by atoms with van der Waals surface area (Å²) in [7, 11) is 0. The van der Waals surface area contributed by atoms with Crippen LogP contribution in [0, 0.1) is 46.8 Å². The molecule has 2 aliphatic heterocycles. The summed E-state index contributed by atoms with van der Waals surface area (Å²) in [5, 5.41) is 9.63. The molecule has 1 aromatic carbocycles. The van der Waals surface area contributed by atoms with Crippen LogP contribution in [-0.4, -0.2) is 48.9 Å². The standard InChI is InChI=1S/C29H23Cl2F5N2O6/c1-27(2,3)38-23(40)12-6-5-11-13(15(12)24(38)41)8-28(30)25(42)37(22-20(35)18(33)17(32)19(34)21(22)36)26(43)29(28,31)16(11)14-7-4-10(9-39)44-14/h4-5,7,12-13,15-16,39H,6,8-9H2,1-3H3/t12-,13+,15-,16+,28+,29-/m0/s1. The first-order chi connectivity index (χ1) is 20.4. The van der Waals surface area contributed by atoms with Crippen LogP contribution in [0.1, 0.15) is 51.1 Å². The van der Waals surface area contributed by atoms with Crippen LogP contribution in [0.4, 0.5) is 27.6 Å². The van der Waals surface area contributed by atoms with Gasteiger partial charge in [0.15, 0.2) is 33.0 Å². The number of carbonyl (C=O) groups is 4. The van der Waals surface area contributed by atoms with Crippen molar-refractivity contribution in [3.63, 3.8) is 0 Å². The SMILES string of the molecule is CC(C)(C)N1C(=O)[C@H]2[C@H](CC=C3[C@H]2C[C@@]2(Cl)C(=O)N(c4c(F)c(F)c(F)c(F)c4F)C(=O)[C@@]2(Cl)[C@H]3c2ccc(CO)o2)C1=O. The van der Waals surface area contributed by atoms with Crippen LogP contribution in [0.3, 0.4) is 0 Å². The van der Waals surface area contributed by atoms with Gasteiger partial charge in [0.25, 0.3) is 11.8 Å². The number of aliphatic hydroxyl groups is 1. The van der Waals surface area contributed by atoms with Gasteiger partial charge in [-0.1, -0.05) is 11.6 Å². The minimum Gasteiger partial charge on any atom is -0.463 e. The summed E-state index contributed by atoms with van der Waals surface area (Å²) in [6, 6.07) is 2.64. The van der Waals surface area contributed by atoms with Gasteiger partial charge in [-0.05, 0) is 51.7 Å². The van der Waals surface area contributed by atoms with E-state index in [0.717, 1.165) is 4.90 Å². The molecule has 1 aromatic heterocycles. The van der Waals surface area contributed by atoms with Gasteiger partial charge in [-0.2, -0.15) is 0 Å². The molecule has 1 saturated carbocycles. The Morgan fingerprint density at radius 2 is 1.50 bits per heavy atom. The van der Waals surface area contributed by atoms with Gasteiger partial charge in [0.05, 0.1) is 17.8 Å². The predicted octanol–water partition coefficient (Wildman–Crippen LogP) is 4.83. The van der Waals surface area contributed by atoms with Crippen LogP contribution in [0.15, 0.2) is 28.2 Å². The maximum atomic E-state index is 15.0. The summed E-state index contributed by atoms with van der Waals surface area (Å²) in [5.41, 5.74) is -2.53. The number of benzene rings is 1. The zero-order valence-electron chi connectivity index (χ0n) is 23.2. The summed E-state index contributed by atoms with van der Waals surface area (Å²) in [6.07, 6.45) is 0.973. The van der Waals surface area contributed by atoms with E-state index in [1.807, 2.05) is 0 Å². The van der Waals surface area contributed by atoms with Crippen molar-refractivity contribution in [2.75, 3.05) is 4.90 Å². The van der Waals surface area contributed by atoms with E-state index in [4.69, 9.17) is 27.6 Å². The molecule has 15 heteroatoms. The molecule has 8 nitrogen and oxygen atoms in total. The number of likely N-dealkylation sites (tertiary alicyclic amines) is 1. The Hall–Kier alpha value is -3.29. The second kappa shape index (κ2) is 9.60. The average molecular weight is 661 g/mol. The maximum absolute atomic E-state index is 15.0. The van der Waals surface area contributed by atoms with Gasteiger partial charge < -0.3 is 9.52 Å². The van der Waals surface area contributed by atoms with Crippen LogP contribution < -0.4 is 4.90 Å². The van der Waals surface area contributed by atoms with Gasteiger partial charge in [-0.25, -0.2) is 26.9 Å². The molecule has 44 heavy (non-hydrogen) atoms. The van der Waals surface area contributed by atoms with E-state index in [9.17, 15) is 37.5 Å². The molecule has 0 unspecified atom stereocenters. The molecule has 3 heterocycles. The zero-order valence-corrected chi connectivity index (χ0v) is 24.7. The Kier molecular flexibility index (Phi) is 6.71. The number of alkyl halides is 2. The lowest BCUT2D eigenvalue weighted by atomic mass is 9.57. The molecular weight excluding hydrogens is 638 g/mol. The third-order valence-corrected chi connectivity index (χ3v) is 10.4. The van der Waals surface area contributed by atoms with E-state index in [1.165, 1.54) is 12.1 Å². The minimum absolute atomic E-state index is 0.00345. The Morgan fingerprint density at radius 1 is 0.909 bits per heavy atom. The highest BCUT2D eigenvalue weighted by molar-refractivity contribution is 6.58. The van der Waals surface area contributed by atoms with Gasteiger partial charge in [0.1, 0.15) is 23.8 Å². The first-order valence-electron chi connectivity index (χ1n) is 13.5. The van der Waals surface area contributed by atoms with Crippen molar-refractivity contribution in [3.8, 4) is 0 Å². The topological polar surface area (TPSA) is 108 Å². The predicted molar refractivity (Wildman–Crippen MR) is 143 cm³/mol. The van der Waals surface area contributed by atoms with Crippen molar-refractivity contribution in [1.29, 1.82) is 0 Å².